The van der Waals surface area contributed by atoms with Crippen LogP contribution in [-0.4, -0.2) is 31.1 Å². The number of amides is 2. The number of rotatable bonds is 5. The average molecular weight is 461 g/mol. The van der Waals surface area contributed by atoms with E-state index in [1.807, 2.05) is 54.6 Å². The minimum Gasteiger partial charge on any atom is -0.497 e. The number of hydrogen-bond acceptors (Lipinski definition) is 5. The van der Waals surface area contributed by atoms with Crippen LogP contribution in [0.15, 0.2) is 84.9 Å². The summed E-state index contributed by atoms with van der Waals surface area (Å²) in [5.41, 5.74) is 2.20. The molecule has 2 aliphatic heterocycles. The largest absolute Gasteiger partial charge is 0.497 e. The highest BCUT2D eigenvalue weighted by molar-refractivity contribution is 6.30. The van der Waals surface area contributed by atoms with Gasteiger partial charge in [-0.05, 0) is 54.1 Å². The number of ether oxygens (including phenoxy) is 1. The average Bonchev–Trinajstić information content (AvgIpc) is 3.35. The quantitative estimate of drug-likeness (QED) is 0.515. The molecule has 2 amide bonds. The van der Waals surface area contributed by atoms with Crippen LogP contribution < -0.4 is 14.7 Å². The van der Waals surface area contributed by atoms with Crippen LogP contribution in [0.2, 0.25) is 5.02 Å². The molecule has 2 heterocycles. The summed E-state index contributed by atoms with van der Waals surface area (Å²) in [7, 11) is 1.56. The van der Waals surface area contributed by atoms with Gasteiger partial charge in [-0.25, -0.2) is 9.96 Å². The van der Waals surface area contributed by atoms with Crippen molar-refractivity contribution in [3.05, 3.63) is 95.5 Å². The van der Waals surface area contributed by atoms with Gasteiger partial charge in [0.15, 0.2) is 6.10 Å². The van der Waals surface area contributed by atoms with Crippen molar-refractivity contribution < 1.29 is 19.2 Å². The first kappa shape index (κ1) is 21.2. The Morgan fingerprint density at radius 3 is 2.24 bits per heavy atom. The molecule has 3 unspecified atom stereocenters. The Kier molecular flexibility index (Phi) is 5.62. The van der Waals surface area contributed by atoms with Gasteiger partial charge in [-0.15, -0.1) is 0 Å². The maximum Gasteiger partial charge on any atom is 0.266 e. The van der Waals surface area contributed by atoms with Gasteiger partial charge in [-0.1, -0.05) is 54.1 Å². The van der Waals surface area contributed by atoms with Gasteiger partial charge >= 0.3 is 0 Å². The standard InChI is InChI=1S/C26H21ClN2O4/c1-32-21-14-12-19(13-15-21)28-25(30)23-22(16-9-17-7-10-18(27)11-8-17)29(33-24(23)26(28)31)20-5-3-2-4-6-20/h2-16,22-24H,1H3/b16-9+. The summed E-state index contributed by atoms with van der Waals surface area (Å²) in [4.78, 5) is 34.1. The van der Waals surface area contributed by atoms with Crippen LogP contribution in [0.4, 0.5) is 11.4 Å². The first-order chi connectivity index (χ1) is 16.1. The van der Waals surface area contributed by atoms with E-state index in [1.165, 1.54) is 4.90 Å². The van der Waals surface area contributed by atoms with E-state index in [0.717, 1.165) is 11.3 Å². The Hall–Kier alpha value is -3.61. The molecule has 0 N–H and O–H groups in total. The molecule has 7 heteroatoms. The van der Waals surface area contributed by atoms with Gasteiger partial charge in [0.05, 0.1) is 24.5 Å². The van der Waals surface area contributed by atoms with Crippen LogP contribution in [0.25, 0.3) is 6.08 Å². The van der Waals surface area contributed by atoms with Crippen molar-refractivity contribution in [3.63, 3.8) is 0 Å². The molecule has 0 radical (unpaired) electrons. The zero-order valence-corrected chi connectivity index (χ0v) is 18.6. The molecule has 6 nitrogen and oxygen atoms in total. The molecule has 2 saturated heterocycles. The number of carbonyl (C=O) groups is 2. The normalized spacial score (nSPS) is 22.3. The van der Waals surface area contributed by atoms with Crippen LogP contribution >= 0.6 is 11.6 Å². The molecule has 0 saturated carbocycles. The molecule has 0 aromatic heterocycles. The van der Waals surface area contributed by atoms with Crippen LogP contribution in [0.3, 0.4) is 0 Å². The van der Waals surface area contributed by atoms with Crippen LogP contribution in [-0.2, 0) is 14.4 Å². The van der Waals surface area contributed by atoms with E-state index < -0.39 is 18.1 Å². The fraction of sp³-hybridized carbons (Fsp3) is 0.154. The summed E-state index contributed by atoms with van der Waals surface area (Å²) in [6.45, 7) is 0. The Balaban J connectivity index is 1.50. The molecular weight excluding hydrogens is 440 g/mol. The number of benzene rings is 3. The van der Waals surface area contributed by atoms with E-state index in [9.17, 15) is 9.59 Å². The Bertz CT molecular complexity index is 1200. The zero-order chi connectivity index (χ0) is 22.9. The van der Waals surface area contributed by atoms with Gasteiger partial charge in [0.2, 0.25) is 5.91 Å². The summed E-state index contributed by atoms with van der Waals surface area (Å²) in [5.74, 6) is -0.700. The highest BCUT2D eigenvalue weighted by Gasteiger charge is 2.59. The van der Waals surface area contributed by atoms with E-state index in [2.05, 4.69) is 0 Å². The van der Waals surface area contributed by atoms with E-state index >= 15 is 0 Å². The SMILES string of the molecule is COc1ccc(N2C(=O)C3ON(c4ccccc4)C(/C=C/c4ccc(Cl)cc4)C3C2=O)cc1. The van der Waals surface area contributed by atoms with Gasteiger partial charge in [-0.3, -0.25) is 14.4 Å². The van der Waals surface area contributed by atoms with Crippen molar-refractivity contribution in [1.82, 2.24) is 0 Å². The second-order valence-electron chi connectivity index (χ2n) is 7.82. The van der Waals surface area contributed by atoms with Gasteiger partial charge in [0.1, 0.15) is 11.7 Å². The predicted octanol–water partition coefficient (Wildman–Crippen LogP) is 4.74. The Morgan fingerprint density at radius 2 is 1.58 bits per heavy atom. The smallest absolute Gasteiger partial charge is 0.266 e. The summed E-state index contributed by atoms with van der Waals surface area (Å²) >= 11 is 6.00. The number of methoxy groups -OCH3 is 1. The summed E-state index contributed by atoms with van der Waals surface area (Å²) in [5, 5.41) is 2.30. The summed E-state index contributed by atoms with van der Waals surface area (Å²) in [6, 6.07) is 23.2. The van der Waals surface area contributed by atoms with Crippen molar-refractivity contribution in [2.45, 2.75) is 12.1 Å². The van der Waals surface area contributed by atoms with Crippen LogP contribution in [0, 0.1) is 5.92 Å². The number of anilines is 2. The molecule has 166 valence electrons. The van der Waals surface area contributed by atoms with Crippen LogP contribution in [0.5, 0.6) is 5.75 Å². The molecule has 2 fully saturated rings. The Labute approximate surface area is 196 Å². The number of hydroxylamine groups is 1. The molecule has 5 rings (SSSR count). The third-order valence-electron chi connectivity index (χ3n) is 5.86. The maximum absolute atomic E-state index is 13.5. The first-order valence-electron chi connectivity index (χ1n) is 10.5. The van der Waals surface area contributed by atoms with Crippen LogP contribution in [0.1, 0.15) is 5.56 Å². The first-order valence-corrected chi connectivity index (χ1v) is 10.9. The fourth-order valence-electron chi connectivity index (χ4n) is 4.22. The molecule has 3 aromatic rings. The van der Waals surface area contributed by atoms with Gasteiger partial charge in [0, 0.05) is 5.02 Å². The number of para-hydroxylation sites is 1. The van der Waals surface area contributed by atoms with E-state index in [-0.39, 0.29) is 11.8 Å². The number of carbonyl (C=O) groups excluding carboxylic acids is 2. The second kappa shape index (κ2) is 8.73. The van der Waals surface area contributed by atoms with E-state index in [0.29, 0.717) is 16.5 Å². The summed E-state index contributed by atoms with van der Waals surface area (Å²) in [6.07, 6.45) is 2.92. The summed E-state index contributed by atoms with van der Waals surface area (Å²) < 4.78 is 5.18. The molecule has 2 aliphatic rings. The number of halogens is 1. The van der Waals surface area contributed by atoms with E-state index in [1.54, 1.807) is 48.6 Å². The lowest BCUT2D eigenvalue weighted by Crippen LogP contribution is -2.39. The minimum absolute atomic E-state index is 0.292. The monoisotopic (exact) mass is 460 g/mol. The van der Waals surface area contributed by atoms with Crippen molar-refractivity contribution in [2.75, 3.05) is 17.1 Å². The van der Waals surface area contributed by atoms with Gasteiger partial charge in [0.25, 0.3) is 5.91 Å². The Morgan fingerprint density at radius 1 is 0.879 bits per heavy atom. The lowest BCUT2D eigenvalue weighted by Gasteiger charge is -2.26. The molecule has 0 aliphatic carbocycles. The molecule has 0 bridgehead atoms. The lowest BCUT2D eigenvalue weighted by atomic mass is 9.95. The maximum atomic E-state index is 13.5. The third-order valence-corrected chi connectivity index (χ3v) is 6.11. The molecule has 3 atom stereocenters. The van der Waals surface area contributed by atoms with Crippen molar-refractivity contribution >= 4 is 40.9 Å². The predicted molar refractivity (Wildman–Crippen MR) is 127 cm³/mol. The number of imide groups is 1. The molecule has 33 heavy (non-hydrogen) atoms. The van der Waals surface area contributed by atoms with Crippen molar-refractivity contribution in [3.8, 4) is 5.75 Å². The minimum atomic E-state index is -0.903. The highest BCUT2D eigenvalue weighted by Crippen LogP contribution is 2.41. The molecule has 0 spiro atoms. The van der Waals surface area contributed by atoms with Crippen molar-refractivity contribution in [1.29, 1.82) is 0 Å². The number of hydrogen-bond donors (Lipinski definition) is 0. The lowest BCUT2D eigenvalue weighted by molar-refractivity contribution is -0.126. The van der Waals surface area contributed by atoms with Crippen molar-refractivity contribution in [2.24, 2.45) is 5.92 Å². The van der Waals surface area contributed by atoms with Gasteiger partial charge < -0.3 is 4.74 Å². The molecular formula is C26H21ClN2O4. The third kappa shape index (κ3) is 3.88. The fourth-order valence-corrected chi connectivity index (χ4v) is 4.34. The van der Waals surface area contributed by atoms with E-state index in [4.69, 9.17) is 21.2 Å². The zero-order valence-electron chi connectivity index (χ0n) is 17.8. The number of nitrogens with zero attached hydrogens (tertiary/aromatic N) is 2. The van der Waals surface area contributed by atoms with Gasteiger partial charge in [-0.2, -0.15) is 0 Å². The topological polar surface area (TPSA) is 59.1 Å². The highest BCUT2D eigenvalue weighted by atomic mass is 35.5. The number of fused-ring (bicyclic) bond motifs is 1. The second-order valence-corrected chi connectivity index (χ2v) is 8.26. The molecule has 3 aromatic carbocycles.